The van der Waals surface area contributed by atoms with Gasteiger partial charge in [-0.3, -0.25) is 0 Å². The third-order valence-corrected chi connectivity index (χ3v) is 2.17. The van der Waals surface area contributed by atoms with Crippen LogP contribution in [0.5, 0.6) is 0 Å². The molecule has 0 saturated carbocycles. The average Bonchev–Trinajstić information content (AvgIpc) is 2.02. The van der Waals surface area contributed by atoms with Crippen molar-refractivity contribution in [2.75, 3.05) is 0 Å². The Morgan fingerprint density at radius 1 is 1.36 bits per heavy atom. The van der Waals surface area contributed by atoms with Crippen molar-refractivity contribution in [1.82, 2.24) is 0 Å². The second-order valence-corrected chi connectivity index (χ2v) is 4.00. The Balaban J connectivity index is 3.20. The number of hydrogen-bond acceptors (Lipinski definition) is 1. The van der Waals surface area contributed by atoms with Gasteiger partial charge in [0.25, 0.3) is 0 Å². The summed E-state index contributed by atoms with van der Waals surface area (Å²) in [5.41, 5.74) is 4.91. The van der Waals surface area contributed by atoms with Gasteiger partial charge < -0.3 is 5.73 Å². The Labute approximate surface area is 82.9 Å². The summed E-state index contributed by atoms with van der Waals surface area (Å²) in [6.45, 7) is 4.55. The molecule has 0 spiro atoms. The molecule has 3 heteroatoms. The van der Waals surface area contributed by atoms with Gasteiger partial charge in [0.05, 0.1) is 0 Å². The van der Waals surface area contributed by atoms with Gasteiger partial charge >= 0.3 is 0 Å². The fourth-order valence-electron chi connectivity index (χ4n) is 1.26. The van der Waals surface area contributed by atoms with Gasteiger partial charge in [-0.1, -0.05) is 6.07 Å². The number of alkyl halides is 1. The van der Waals surface area contributed by atoms with E-state index in [2.05, 4.69) is 0 Å². The molecular formula is C11H15F2N. The molecule has 0 heterocycles. The molecule has 1 nitrogen and oxygen atoms in total. The van der Waals surface area contributed by atoms with Crippen LogP contribution >= 0.6 is 0 Å². The SMILES string of the molecule is CC(N)c1cc(C(C)(C)F)ccc1F. The van der Waals surface area contributed by atoms with Crippen LogP contribution in [-0.2, 0) is 5.67 Å². The Morgan fingerprint density at radius 2 is 1.93 bits per heavy atom. The van der Waals surface area contributed by atoms with E-state index in [0.29, 0.717) is 11.1 Å². The second-order valence-electron chi connectivity index (χ2n) is 4.00. The van der Waals surface area contributed by atoms with Crippen LogP contribution in [0.15, 0.2) is 18.2 Å². The third-order valence-electron chi connectivity index (χ3n) is 2.17. The second kappa shape index (κ2) is 3.65. The summed E-state index contributed by atoms with van der Waals surface area (Å²) >= 11 is 0. The molecule has 0 aliphatic carbocycles. The van der Waals surface area contributed by atoms with Crippen molar-refractivity contribution in [1.29, 1.82) is 0 Å². The maximum absolute atomic E-state index is 13.5. The Morgan fingerprint density at radius 3 is 2.36 bits per heavy atom. The summed E-state index contributed by atoms with van der Waals surface area (Å²) in [7, 11) is 0. The van der Waals surface area contributed by atoms with Gasteiger partial charge in [0.2, 0.25) is 0 Å². The molecule has 0 bridgehead atoms. The van der Waals surface area contributed by atoms with E-state index in [0.717, 1.165) is 0 Å². The first-order chi connectivity index (χ1) is 6.32. The molecule has 0 saturated heterocycles. The van der Waals surface area contributed by atoms with E-state index >= 15 is 0 Å². The predicted octanol–water partition coefficient (Wildman–Crippen LogP) is 3.05. The van der Waals surface area contributed by atoms with Crippen molar-refractivity contribution < 1.29 is 8.78 Å². The van der Waals surface area contributed by atoms with Crippen molar-refractivity contribution in [3.05, 3.63) is 35.1 Å². The van der Waals surface area contributed by atoms with Crippen molar-refractivity contribution in [3.63, 3.8) is 0 Å². The first-order valence-electron chi connectivity index (χ1n) is 4.57. The van der Waals surface area contributed by atoms with Gasteiger partial charge in [-0.2, -0.15) is 0 Å². The van der Waals surface area contributed by atoms with Crippen LogP contribution in [0.1, 0.15) is 37.9 Å². The highest BCUT2D eigenvalue weighted by Gasteiger charge is 2.20. The minimum atomic E-state index is -1.46. The van der Waals surface area contributed by atoms with Crippen molar-refractivity contribution in [2.24, 2.45) is 5.73 Å². The molecule has 1 aromatic rings. The first-order valence-corrected chi connectivity index (χ1v) is 4.57. The van der Waals surface area contributed by atoms with Gasteiger partial charge in [-0.05, 0) is 38.5 Å². The van der Waals surface area contributed by atoms with E-state index in [1.165, 1.54) is 32.0 Å². The smallest absolute Gasteiger partial charge is 0.130 e. The number of halogens is 2. The van der Waals surface area contributed by atoms with Crippen molar-refractivity contribution >= 4 is 0 Å². The molecule has 0 radical (unpaired) electrons. The summed E-state index contributed by atoms with van der Waals surface area (Å²) < 4.78 is 26.7. The molecule has 0 fully saturated rings. The number of nitrogens with two attached hydrogens (primary N) is 1. The van der Waals surface area contributed by atoms with E-state index in [9.17, 15) is 8.78 Å². The Kier molecular flexibility index (Phi) is 2.90. The van der Waals surface area contributed by atoms with Crippen LogP contribution in [0.25, 0.3) is 0 Å². The molecule has 0 aliphatic heterocycles. The van der Waals surface area contributed by atoms with Gasteiger partial charge in [-0.15, -0.1) is 0 Å². The number of benzene rings is 1. The van der Waals surface area contributed by atoms with Gasteiger partial charge in [0, 0.05) is 11.6 Å². The topological polar surface area (TPSA) is 26.0 Å². The van der Waals surface area contributed by atoms with Crippen molar-refractivity contribution in [3.8, 4) is 0 Å². The van der Waals surface area contributed by atoms with E-state index < -0.39 is 11.7 Å². The number of rotatable bonds is 2. The van der Waals surface area contributed by atoms with Crippen LogP contribution in [0.4, 0.5) is 8.78 Å². The molecule has 1 rings (SSSR count). The first kappa shape index (κ1) is 11.1. The van der Waals surface area contributed by atoms with E-state index in [4.69, 9.17) is 5.73 Å². The van der Waals surface area contributed by atoms with Gasteiger partial charge in [0.15, 0.2) is 0 Å². The minimum Gasteiger partial charge on any atom is -0.324 e. The highest BCUT2D eigenvalue weighted by atomic mass is 19.1. The lowest BCUT2D eigenvalue weighted by Gasteiger charge is -2.17. The number of hydrogen-bond donors (Lipinski definition) is 1. The monoisotopic (exact) mass is 199 g/mol. The zero-order valence-corrected chi connectivity index (χ0v) is 8.64. The molecule has 1 unspecified atom stereocenters. The van der Waals surface area contributed by atoms with Crippen LogP contribution in [-0.4, -0.2) is 0 Å². The summed E-state index contributed by atoms with van der Waals surface area (Å²) in [5.74, 6) is -0.381. The molecule has 1 aromatic carbocycles. The molecule has 78 valence electrons. The normalized spacial score (nSPS) is 14.1. The molecule has 2 N–H and O–H groups in total. The molecule has 0 aromatic heterocycles. The maximum Gasteiger partial charge on any atom is 0.130 e. The van der Waals surface area contributed by atoms with E-state index in [-0.39, 0.29) is 5.82 Å². The van der Waals surface area contributed by atoms with Crippen LogP contribution < -0.4 is 5.73 Å². The van der Waals surface area contributed by atoms with Crippen molar-refractivity contribution in [2.45, 2.75) is 32.5 Å². The zero-order valence-electron chi connectivity index (χ0n) is 8.64. The van der Waals surface area contributed by atoms with Crippen LogP contribution in [0, 0.1) is 5.82 Å². The quantitative estimate of drug-likeness (QED) is 0.778. The van der Waals surface area contributed by atoms with Crippen LogP contribution in [0.2, 0.25) is 0 Å². The average molecular weight is 199 g/mol. The fraction of sp³-hybridized carbons (Fsp3) is 0.455. The molecule has 0 aliphatic rings. The minimum absolute atomic E-state index is 0.355. The highest BCUT2D eigenvalue weighted by Crippen LogP contribution is 2.27. The lowest BCUT2D eigenvalue weighted by Crippen LogP contribution is -2.13. The molecular weight excluding hydrogens is 184 g/mol. The summed E-state index contributed by atoms with van der Waals surface area (Å²) in [6, 6.07) is 3.77. The lowest BCUT2D eigenvalue weighted by atomic mass is 9.96. The Bertz CT molecular complexity index is 327. The fourth-order valence-corrected chi connectivity index (χ4v) is 1.26. The molecule has 1 atom stereocenters. The lowest BCUT2D eigenvalue weighted by molar-refractivity contribution is 0.221. The molecule has 14 heavy (non-hydrogen) atoms. The van der Waals surface area contributed by atoms with Gasteiger partial charge in [0.1, 0.15) is 11.5 Å². The Hall–Kier alpha value is -0.960. The highest BCUT2D eigenvalue weighted by molar-refractivity contribution is 5.30. The maximum atomic E-state index is 13.5. The predicted molar refractivity (Wildman–Crippen MR) is 53.1 cm³/mol. The summed E-state index contributed by atoms with van der Waals surface area (Å²) in [5, 5.41) is 0. The zero-order chi connectivity index (χ0) is 10.9. The standard InChI is InChI=1S/C11H15F2N/c1-7(14)9-6-8(11(2,3)13)4-5-10(9)12/h4-7H,14H2,1-3H3. The van der Waals surface area contributed by atoms with E-state index in [1.54, 1.807) is 6.92 Å². The molecule has 0 amide bonds. The van der Waals surface area contributed by atoms with E-state index in [1.807, 2.05) is 0 Å². The summed E-state index contributed by atoms with van der Waals surface area (Å²) in [4.78, 5) is 0. The van der Waals surface area contributed by atoms with Crippen LogP contribution in [0.3, 0.4) is 0 Å². The summed E-state index contributed by atoms with van der Waals surface area (Å²) in [6.07, 6.45) is 0. The third kappa shape index (κ3) is 2.29. The largest absolute Gasteiger partial charge is 0.324 e. The van der Waals surface area contributed by atoms with Gasteiger partial charge in [-0.25, -0.2) is 8.78 Å².